The van der Waals surface area contributed by atoms with E-state index in [1.165, 1.54) is 23.9 Å². The van der Waals surface area contributed by atoms with Gasteiger partial charge in [-0.05, 0) is 37.3 Å². The van der Waals surface area contributed by atoms with Crippen LogP contribution in [-0.2, 0) is 11.8 Å². The van der Waals surface area contributed by atoms with E-state index in [0.717, 1.165) is 11.6 Å². The summed E-state index contributed by atoms with van der Waals surface area (Å²) in [7, 11) is 1.81. The highest BCUT2D eigenvalue weighted by Gasteiger charge is 2.20. The molecule has 0 saturated carbocycles. The molecule has 0 aliphatic carbocycles. The predicted molar refractivity (Wildman–Crippen MR) is 99.6 cm³/mol. The van der Waals surface area contributed by atoms with Gasteiger partial charge >= 0.3 is 0 Å². The summed E-state index contributed by atoms with van der Waals surface area (Å²) in [4.78, 5) is 16.4. The minimum atomic E-state index is -0.583. The molecule has 1 unspecified atom stereocenters. The highest BCUT2D eigenvalue weighted by atomic mass is 35.5. The van der Waals surface area contributed by atoms with E-state index in [1.807, 2.05) is 19.2 Å². The van der Waals surface area contributed by atoms with Crippen LogP contribution in [-0.4, -0.2) is 30.9 Å². The number of carbonyl (C=O) groups is 1. The number of benzene rings is 1. The third kappa shape index (κ3) is 4.03. The number of thioether (sulfide) groups is 1. The molecule has 26 heavy (non-hydrogen) atoms. The number of anilines is 1. The minimum Gasteiger partial charge on any atom is -0.323 e. The number of carbonyl (C=O) groups excluding carboxylic acids is 1. The molecule has 1 atom stereocenters. The number of pyridine rings is 1. The maximum absolute atomic E-state index is 13.8. The molecule has 134 valence electrons. The Balaban J connectivity index is 1.71. The maximum Gasteiger partial charge on any atom is 0.237 e. The van der Waals surface area contributed by atoms with Crippen molar-refractivity contribution in [3.63, 3.8) is 0 Å². The normalized spacial score (nSPS) is 12.0. The number of nitrogens with one attached hydrogen (secondary N) is 1. The van der Waals surface area contributed by atoms with Gasteiger partial charge in [-0.2, -0.15) is 0 Å². The number of rotatable bonds is 5. The summed E-state index contributed by atoms with van der Waals surface area (Å²) in [6.07, 6.45) is 3.37. The Labute approximate surface area is 158 Å². The molecule has 0 aliphatic rings. The fourth-order valence-electron chi connectivity index (χ4n) is 2.20. The Morgan fingerprint density at radius 1 is 1.35 bits per heavy atom. The van der Waals surface area contributed by atoms with E-state index in [9.17, 15) is 9.18 Å². The largest absolute Gasteiger partial charge is 0.323 e. The van der Waals surface area contributed by atoms with Gasteiger partial charge in [-0.15, -0.1) is 10.2 Å². The van der Waals surface area contributed by atoms with E-state index in [1.54, 1.807) is 23.9 Å². The molecule has 2 aromatic heterocycles. The van der Waals surface area contributed by atoms with E-state index in [2.05, 4.69) is 20.5 Å². The van der Waals surface area contributed by atoms with Gasteiger partial charge in [0.15, 0.2) is 11.0 Å². The first-order chi connectivity index (χ1) is 12.5. The van der Waals surface area contributed by atoms with E-state index in [4.69, 9.17) is 11.6 Å². The second-order valence-corrected chi connectivity index (χ2v) is 7.22. The van der Waals surface area contributed by atoms with Gasteiger partial charge in [-0.1, -0.05) is 23.4 Å². The lowest BCUT2D eigenvalue weighted by molar-refractivity contribution is -0.115. The van der Waals surface area contributed by atoms with Crippen LogP contribution in [0.5, 0.6) is 0 Å². The molecule has 3 aromatic rings. The van der Waals surface area contributed by atoms with E-state index in [0.29, 0.717) is 11.0 Å². The van der Waals surface area contributed by atoms with Crippen molar-refractivity contribution in [2.45, 2.75) is 17.3 Å². The quantitative estimate of drug-likeness (QED) is 0.670. The molecule has 0 spiro atoms. The van der Waals surface area contributed by atoms with Crippen LogP contribution in [0.4, 0.5) is 10.1 Å². The van der Waals surface area contributed by atoms with Crippen LogP contribution in [0.2, 0.25) is 5.02 Å². The summed E-state index contributed by atoms with van der Waals surface area (Å²) in [5, 5.41) is 11.2. The Hall–Kier alpha value is -2.45. The standard InChI is InChI=1S/C17H15ClFN5OS/c1-10(16(25)21-14-6-5-12(18)8-13(14)19)26-17-23-22-15(24(17)2)11-4-3-7-20-9-11/h3-10H,1-2H3,(H,21,25). The first-order valence-corrected chi connectivity index (χ1v) is 8.94. The number of hydrogen-bond acceptors (Lipinski definition) is 5. The SMILES string of the molecule is CC(Sc1nnc(-c2cccnc2)n1C)C(=O)Nc1ccc(Cl)cc1F. The molecule has 1 amide bonds. The Kier molecular flexibility index (Phi) is 5.53. The summed E-state index contributed by atoms with van der Waals surface area (Å²) >= 11 is 6.94. The van der Waals surface area contributed by atoms with Crippen LogP contribution in [0.25, 0.3) is 11.4 Å². The molecular weight excluding hydrogens is 377 g/mol. The maximum atomic E-state index is 13.8. The van der Waals surface area contributed by atoms with Gasteiger partial charge in [-0.25, -0.2) is 4.39 Å². The molecule has 0 bridgehead atoms. The second kappa shape index (κ2) is 7.84. The topological polar surface area (TPSA) is 72.7 Å². The van der Waals surface area contributed by atoms with Gasteiger partial charge in [-0.3, -0.25) is 9.78 Å². The molecule has 0 saturated heterocycles. The average molecular weight is 392 g/mol. The molecule has 3 rings (SSSR count). The molecule has 6 nitrogen and oxygen atoms in total. The highest BCUT2D eigenvalue weighted by Crippen LogP contribution is 2.26. The van der Waals surface area contributed by atoms with Crippen molar-refractivity contribution in [2.24, 2.45) is 7.05 Å². The van der Waals surface area contributed by atoms with Crippen molar-refractivity contribution in [1.29, 1.82) is 0 Å². The van der Waals surface area contributed by atoms with Gasteiger partial charge in [0.25, 0.3) is 0 Å². The van der Waals surface area contributed by atoms with Crippen LogP contribution >= 0.6 is 23.4 Å². The van der Waals surface area contributed by atoms with Crippen molar-refractivity contribution in [2.75, 3.05) is 5.32 Å². The van der Waals surface area contributed by atoms with Crippen LogP contribution in [0, 0.1) is 5.82 Å². The zero-order valence-corrected chi connectivity index (χ0v) is 15.6. The van der Waals surface area contributed by atoms with E-state index < -0.39 is 11.1 Å². The molecule has 1 aromatic carbocycles. The van der Waals surface area contributed by atoms with Crippen molar-refractivity contribution >= 4 is 35.0 Å². The summed E-state index contributed by atoms with van der Waals surface area (Å²) in [5.74, 6) is -0.278. The fraction of sp³-hybridized carbons (Fsp3) is 0.176. The van der Waals surface area contributed by atoms with Crippen LogP contribution in [0.15, 0.2) is 47.9 Å². The van der Waals surface area contributed by atoms with Gasteiger partial charge < -0.3 is 9.88 Å². The Morgan fingerprint density at radius 2 is 2.15 bits per heavy atom. The summed E-state index contributed by atoms with van der Waals surface area (Å²) in [6.45, 7) is 1.71. The fourth-order valence-corrected chi connectivity index (χ4v) is 3.17. The molecular formula is C17H15ClFN5OS. The number of amides is 1. The Bertz CT molecular complexity index is 934. The third-order valence-corrected chi connectivity index (χ3v) is 4.96. The average Bonchev–Trinajstić information content (AvgIpc) is 2.98. The van der Waals surface area contributed by atoms with Crippen LogP contribution in [0.1, 0.15) is 6.92 Å². The molecule has 9 heteroatoms. The van der Waals surface area contributed by atoms with Crippen molar-refractivity contribution < 1.29 is 9.18 Å². The van der Waals surface area contributed by atoms with Gasteiger partial charge in [0.1, 0.15) is 5.82 Å². The van der Waals surface area contributed by atoms with Crippen molar-refractivity contribution in [3.8, 4) is 11.4 Å². The first kappa shape index (κ1) is 18.3. The van der Waals surface area contributed by atoms with Gasteiger partial charge in [0, 0.05) is 30.0 Å². The minimum absolute atomic E-state index is 0.0841. The lowest BCUT2D eigenvalue weighted by Crippen LogP contribution is -2.23. The Morgan fingerprint density at radius 3 is 2.85 bits per heavy atom. The van der Waals surface area contributed by atoms with Crippen molar-refractivity contribution in [3.05, 3.63) is 53.6 Å². The number of hydrogen-bond donors (Lipinski definition) is 1. The van der Waals surface area contributed by atoms with Gasteiger partial charge in [0.05, 0.1) is 10.9 Å². The molecule has 2 heterocycles. The second-order valence-electron chi connectivity index (χ2n) is 5.48. The zero-order chi connectivity index (χ0) is 18.7. The first-order valence-electron chi connectivity index (χ1n) is 7.68. The molecule has 0 radical (unpaired) electrons. The summed E-state index contributed by atoms with van der Waals surface area (Å²) in [6, 6.07) is 7.78. The van der Waals surface area contributed by atoms with Gasteiger partial charge in [0.2, 0.25) is 5.91 Å². The third-order valence-electron chi connectivity index (χ3n) is 3.60. The van der Waals surface area contributed by atoms with Crippen LogP contribution < -0.4 is 5.32 Å². The highest BCUT2D eigenvalue weighted by molar-refractivity contribution is 8.00. The van der Waals surface area contributed by atoms with E-state index in [-0.39, 0.29) is 16.6 Å². The number of aromatic nitrogens is 4. The smallest absolute Gasteiger partial charge is 0.237 e. The predicted octanol–water partition coefficient (Wildman–Crippen LogP) is 3.79. The zero-order valence-electron chi connectivity index (χ0n) is 14.0. The summed E-state index contributed by atoms with van der Waals surface area (Å²) < 4.78 is 15.6. The van der Waals surface area contributed by atoms with Crippen LogP contribution in [0.3, 0.4) is 0 Å². The van der Waals surface area contributed by atoms with E-state index >= 15 is 0 Å². The molecule has 1 N–H and O–H groups in total. The van der Waals surface area contributed by atoms with Crippen molar-refractivity contribution in [1.82, 2.24) is 19.7 Å². The monoisotopic (exact) mass is 391 g/mol. The number of nitrogens with zero attached hydrogens (tertiary/aromatic N) is 4. The lowest BCUT2D eigenvalue weighted by atomic mass is 10.3. The summed E-state index contributed by atoms with van der Waals surface area (Å²) in [5.41, 5.74) is 0.913. The number of halogens is 2. The molecule has 0 aliphatic heterocycles. The molecule has 0 fully saturated rings. The lowest BCUT2D eigenvalue weighted by Gasteiger charge is -2.12.